The first-order chi connectivity index (χ1) is 11.0. The number of thioether (sulfide) groups is 1. The molecule has 23 heavy (non-hydrogen) atoms. The topological polar surface area (TPSA) is 48.0 Å². The summed E-state index contributed by atoms with van der Waals surface area (Å²) in [7, 11) is 4.66. The van der Waals surface area contributed by atoms with Crippen LogP contribution in [0.1, 0.15) is 5.56 Å². The Labute approximate surface area is 144 Å². The standard InChI is InChI=1S/C16H17NO4S2/c1-5-6-17-15(18)14(23-16(17)22)8-10-7-12(20-3)13(21-4)9-11(10)19-2/h5,7-9H,1,6H2,2-4H3/b14-8+. The monoisotopic (exact) mass is 351 g/mol. The van der Waals surface area contributed by atoms with Gasteiger partial charge in [-0.3, -0.25) is 9.69 Å². The van der Waals surface area contributed by atoms with Gasteiger partial charge in [0.15, 0.2) is 11.5 Å². The maximum atomic E-state index is 12.4. The normalized spacial score (nSPS) is 16.0. The van der Waals surface area contributed by atoms with Crippen molar-refractivity contribution in [1.29, 1.82) is 0 Å². The number of carbonyl (C=O) groups excluding carboxylic acids is 1. The Balaban J connectivity index is 2.44. The largest absolute Gasteiger partial charge is 0.496 e. The van der Waals surface area contributed by atoms with E-state index in [1.807, 2.05) is 0 Å². The molecule has 1 aromatic carbocycles. The summed E-state index contributed by atoms with van der Waals surface area (Å²) in [6.07, 6.45) is 3.38. The van der Waals surface area contributed by atoms with Gasteiger partial charge >= 0.3 is 0 Å². The van der Waals surface area contributed by atoms with Crippen molar-refractivity contribution < 1.29 is 19.0 Å². The molecule has 0 bridgehead atoms. The van der Waals surface area contributed by atoms with E-state index in [0.29, 0.717) is 38.6 Å². The van der Waals surface area contributed by atoms with Gasteiger partial charge in [-0.2, -0.15) is 0 Å². The van der Waals surface area contributed by atoms with E-state index < -0.39 is 0 Å². The van der Waals surface area contributed by atoms with Gasteiger partial charge in [0, 0.05) is 18.2 Å². The molecule has 1 fully saturated rings. The minimum atomic E-state index is -0.142. The molecule has 1 saturated heterocycles. The molecule has 7 heteroatoms. The lowest BCUT2D eigenvalue weighted by atomic mass is 10.1. The van der Waals surface area contributed by atoms with E-state index >= 15 is 0 Å². The van der Waals surface area contributed by atoms with E-state index in [1.54, 1.807) is 45.6 Å². The lowest BCUT2D eigenvalue weighted by Crippen LogP contribution is -2.27. The van der Waals surface area contributed by atoms with Crippen molar-refractivity contribution in [1.82, 2.24) is 4.90 Å². The van der Waals surface area contributed by atoms with Gasteiger partial charge in [0.2, 0.25) is 0 Å². The fourth-order valence-corrected chi connectivity index (χ4v) is 3.36. The van der Waals surface area contributed by atoms with Crippen LogP contribution in [0.4, 0.5) is 0 Å². The van der Waals surface area contributed by atoms with Crippen molar-refractivity contribution in [2.75, 3.05) is 27.9 Å². The van der Waals surface area contributed by atoms with Crippen LogP contribution >= 0.6 is 24.0 Å². The maximum absolute atomic E-state index is 12.4. The first-order valence-electron chi connectivity index (χ1n) is 6.72. The molecule has 0 aromatic heterocycles. The second kappa shape index (κ2) is 7.52. The number of rotatable bonds is 6. The number of amides is 1. The summed E-state index contributed by atoms with van der Waals surface area (Å²) in [6.45, 7) is 4.03. The summed E-state index contributed by atoms with van der Waals surface area (Å²) in [6, 6.07) is 3.48. The molecule has 0 unspecified atom stereocenters. The van der Waals surface area contributed by atoms with Crippen LogP contribution in [0, 0.1) is 0 Å². The Kier molecular flexibility index (Phi) is 5.68. The van der Waals surface area contributed by atoms with Crippen LogP contribution in [0.2, 0.25) is 0 Å². The van der Waals surface area contributed by atoms with E-state index in [4.69, 9.17) is 26.4 Å². The van der Waals surface area contributed by atoms with Gasteiger partial charge in [-0.1, -0.05) is 30.1 Å². The fraction of sp³-hybridized carbons (Fsp3) is 0.250. The Morgan fingerprint density at radius 1 is 1.17 bits per heavy atom. The number of benzene rings is 1. The van der Waals surface area contributed by atoms with Crippen LogP contribution in [0.3, 0.4) is 0 Å². The molecule has 2 rings (SSSR count). The molecule has 0 N–H and O–H groups in total. The van der Waals surface area contributed by atoms with Crippen molar-refractivity contribution in [2.24, 2.45) is 0 Å². The van der Waals surface area contributed by atoms with Gasteiger partial charge in [-0.25, -0.2) is 0 Å². The first-order valence-corrected chi connectivity index (χ1v) is 7.94. The first kappa shape index (κ1) is 17.4. The van der Waals surface area contributed by atoms with Crippen LogP contribution in [-0.4, -0.2) is 43.0 Å². The van der Waals surface area contributed by atoms with Crippen molar-refractivity contribution in [2.45, 2.75) is 0 Å². The predicted octanol–water partition coefficient (Wildman–Crippen LogP) is 3.10. The van der Waals surface area contributed by atoms with Gasteiger partial charge < -0.3 is 14.2 Å². The highest BCUT2D eigenvalue weighted by Crippen LogP contribution is 2.38. The van der Waals surface area contributed by atoms with Gasteiger partial charge in [0.05, 0.1) is 26.2 Å². The third-order valence-corrected chi connectivity index (χ3v) is 4.59. The molecule has 1 heterocycles. The molecule has 0 saturated carbocycles. The number of methoxy groups -OCH3 is 3. The SMILES string of the molecule is C=CCN1C(=O)/C(=C\c2cc(OC)c(OC)cc2OC)SC1=S. The van der Waals surface area contributed by atoms with Crippen molar-refractivity contribution in [3.05, 3.63) is 35.3 Å². The van der Waals surface area contributed by atoms with Crippen LogP contribution in [0.5, 0.6) is 17.2 Å². The molecule has 1 aromatic rings. The zero-order chi connectivity index (χ0) is 17.0. The lowest BCUT2D eigenvalue weighted by molar-refractivity contribution is -0.121. The molecular weight excluding hydrogens is 334 g/mol. The molecule has 1 aliphatic rings. The van der Waals surface area contributed by atoms with Gasteiger partial charge in [-0.15, -0.1) is 6.58 Å². The maximum Gasteiger partial charge on any atom is 0.266 e. The zero-order valence-electron chi connectivity index (χ0n) is 13.1. The van der Waals surface area contributed by atoms with Crippen LogP contribution in [0.15, 0.2) is 29.7 Å². The highest BCUT2D eigenvalue weighted by atomic mass is 32.2. The number of ether oxygens (including phenoxy) is 3. The van der Waals surface area contributed by atoms with Gasteiger partial charge in [0.25, 0.3) is 5.91 Å². The van der Waals surface area contributed by atoms with Gasteiger partial charge in [0.1, 0.15) is 10.1 Å². The highest BCUT2D eigenvalue weighted by molar-refractivity contribution is 8.26. The number of carbonyl (C=O) groups is 1. The number of thiocarbonyl (C=S) groups is 1. The van der Waals surface area contributed by atoms with Crippen LogP contribution < -0.4 is 14.2 Å². The minimum absolute atomic E-state index is 0.142. The van der Waals surface area contributed by atoms with Crippen LogP contribution in [-0.2, 0) is 4.79 Å². The number of nitrogens with zero attached hydrogens (tertiary/aromatic N) is 1. The number of hydrogen-bond acceptors (Lipinski definition) is 6. The van der Waals surface area contributed by atoms with Crippen LogP contribution in [0.25, 0.3) is 6.08 Å². The quantitative estimate of drug-likeness (QED) is 0.446. The van der Waals surface area contributed by atoms with Crippen molar-refractivity contribution in [3.8, 4) is 17.2 Å². The predicted molar refractivity (Wildman–Crippen MR) is 96.2 cm³/mol. The average Bonchev–Trinajstić information content (AvgIpc) is 2.82. The molecule has 0 radical (unpaired) electrons. The van der Waals surface area contributed by atoms with E-state index in [0.717, 1.165) is 0 Å². The van der Waals surface area contributed by atoms with E-state index in [-0.39, 0.29) is 5.91 Å². The molecule has 0 spiro atoms. The third-order valence-electron chi connectivity index (χ3n) is 3.21. The molecule has 122 valence electrons. The summed E-state index contributed by atoms with van der Waals surface area (Å²) in [4.78, 5) is 14.4. The Bertz CT molecular complexity index is 685. The van der Waals surface area contributed by atoms with Gasteiger partial charge in [-0.05, 0) is 12.1 Å². The summed E-state index contributed by atoms with van der Waals surface area (Å²) in [5.41, 5.74) is 0.712. The second-order valence-corrected chi connectivity index (χ2v) is 6.21. The fourth-order valence-electron chi connectivity index (χ4n) is 2.09. The Morgan fingerprint density at radius 3 is 2.35 bits per heavy atom. The second-order valence-electron chi connectivity index (χ2n) is 4.53. The Hall–Kier alpha value is -1.99. The van der Waals surface area contributed by atoms with E-state index in [2.05, 4.69) is 6.58 Å². The lowest BCUT2D eigenvalue weighted by Gasteiger charge is -2.12. The molecule has 0 atom stereocenters. The zero-order valence-corrected chi connectivity index (χ0v) is 14.8. The third kappa shape index (κ3) is 3.51. The molecule has 1 amide bonds. The van der Waals surface area contributed by atoms with E-state index in [1.165, 1.54) is 16.7 Å². The summed E-state index contributed by atoms with van der Waals surface area (Å²) < 4.78 is 16.4. The highest BCUT2D eigenvalue weighted by Gasteiger charge is 2.31. The minimum Gasteiger partial charge on any atom is -0.496 e. The smallest absolute Gasteiger partial charge is 0.266 e. The summed E-state index contributed by atoms with van der Waals surface area (Å²) in [5, 5.41) is 0. The Morgan fingerprint density at radius 2 is 1.78 bits per heavy atom. The molecule has 1 aliphatic heterocycles. The molecule has 5 nitrogen and oxygen atoms in total. The molecule has 0 aliphatic carbocycles. The van der Waals surface area contributed by atoms with Crippen molar-refractivity contribution in [3.63, 3.8) is 0 Å². The average molecular weight is 351 g/mol. The summed E-state index contributed by atoms with van der Waals surface area (Å²) in [5.74, 6) is 1.55. The molecular formula is C16H17NO4S2. The van der Waals surface area contributed by atoms with Crippen molar-refractivity contribution >= 4 is 40.3 Å². The number of hydrogen-bond donors (Lipinski definition) is 0. The van der Waals surface area contributed by atoms with E-state index in [9.17, 15) is 4.79 Å². The summed E-state index contributed by atoms with van der Waals surface area (Å²) >= 11 is 6.48.